The Bertz CT molecular complexity index is 785. The standard InChI is InChI=1S/C17H16F3NO5/c1-3-26-8-13(16(23)12-6-9(12)2)15(22)11-5-4-10(17(18,19)20)7-14(11)21(24)25/h4-5,7-9,12H,3,6H2,1-2H3/b13-8+. The first-order valence-electron chi connectivity index (χ1n) is 7.84. The van der Waals surface area contributed by atoms with E-state index in [4.69, 9.17) is 4.74 Å². The summed E-state index contributed by atoms with van der Waals surface area (Å²) in [6.07, 6.45) is -3.29. The van der Waals surface area contributed by atoms with Gasteiger partial charge in [-0.15, -0.1) is 0 Å². The largest absolute Gasteiger partial charge is 0.501 e. The van der Waals surface area contributed by atoms with E-state index in [-0.39, 0.29) is 24.5 Å². The molecule has 2 unspecified atom stereocenters. The third-order valence-corrected chi connectivity index (χ3v) is 4.09. The molecule has 1 fully saturated rings. The second kappa shape index (κ2) is 7.27. The van der Waals surface area contributed by atoms with E-state index < -0.39 is 45.1 Å². The zero-order valence-corrected chi connectivity index (χ0v) is 14.0. The first-order chi connectivity index (χ1) is 12.1. The summed E-state index contributed by atoms with van der Waals surface area (Å²) in [5, 5.41) is 11.2. The van der Waals surface area contributed by atoms with E-state index in [1.165, 1.54) is 0 Å². The number of nitro benzene ring substituents is 1. The Morgan fingerprint density at radius 3 is 2.46 bits per heavy atom. The van der Waals surface area contributed by atoms with Gasteiger partial charge in [0.15, 0.2) is 5.78 Å². The number of ether oxygens (including phenoxy) is 1. The number of nitrogens with zero attached hydrogens (tertiary/aromatic N) is 1. The second-order valence-corrected chi connectivity index (χ2v) is 5.99. The fourth-order valence-electron chi connectivity index (χ4n) is 2.47. The molecule has 0 N–H and O–H groups in total. The van der Waals surface area contributed by atoms with E-state index in [0.29, 0.717) is 18.6 Å². The Hall–Kier alpha value is -2.71. The average Bonchev–Trinajstić information content (AvgIpc) is 3.30. The van der Waals surface area contributed by atoms with Crippen LogP contribution >= 0.6 is 0 Å². The number of ketones is 2. The summed E-state index contributed by atoms with van der Waals surface area (Å²) in [6, 6.07) is 1.57. The van der Waals surface area contributed by atoms with Crippen LogP contribution < -0.4 is 0 Å². The topological polar surface area (TPSA) is 86.5 Å². The molecule has 6 nitrogen and oxygen atoms in total. The van der Waals surface area contributed by atoms with Gasteiger partial charge in [-0.25, -0.2) is 0 Å². The molecule has 0 amide bonds. The van der Waals surface area contributed by atoms with Crippen molar-refractivity contribution in [3.63, 3.8) is 0 Å². The van der Waals surface area contributed by atoms with Gasteiger partial charge in [0.1, 0.15) is 11.1 Å². The molecule has 1 aromatic rings. The summed E-state index contributed by atoms with van der Waals surface area (Å²) in [5.41, 5.74) is -3.25. The van der Waals surface area contributed by atoms with Crippen molar-refractivity contribution in [2.75, 3.05) is 6.61 Å². The van der Waals surface area contributed by atoms with Gasteiger partial charge in [-0.1, -0.05) is 6.92 Å². The highest BCUT2D eigenvalue weighted by Crippen LogP contribution is 2.41. The van der Waals surface area contributed by atoms with Gasteiger partial charge in [0.25, 0.3) is 5.69 Å². The number of hydrogen-bond donors (Lipinski definition) is 0. The lowest BCUT2D eigenvalue weighted by atomic mass is 9.96. The highest BCUT2D eigenvalue weighted by atomic mass is 19.4. The molecule has 0 spiro atoms. The average molecular weight is 371 g/mol. The fraction of sp³-hybridized carbons (Fsp3) is 0.412. The Balaban J connectivity index is 2.48. The maximum absolute atomic E-state index is 12.8. The highest BCUT2D eigenvalue weighted by molar-refractivity contribution is 6.28. The van der Waals surface area contributed by atoms with Crippen molar-refractivity contribution in [3.05, 3.63) is 51.3 Å². The summed E-state index contributed by atoms with van der Waals surface area (Å²) in [6.45, 7) is 3.58. The maximum Gasteiger partial charge on any atom is 0.416 e. The number of rotatable bonds is 7. The van der Waals surface area contributed by atoms with Gasteiger partial charge >= 0.3 is 6.18 Å². The van der Waals surface area contributed by atoms with Crippen LogP contribution in [0.15, 0.2) is 30.0 Å². The van der Waals surface area contributed by atoms with Crippen LogP contribution in [0.5, 0.6) is 0 Å². The van der Waals surface area contributed by atoms with Gasteiger partial charge in [-0.3, -0.25) is 19.7 Å². The Morgan fingerprint density at radius 2 is 2.00 bits per heavy atom. The molecule has 1 saturated carbocycles. The van der Waals surface area contributed by atoms with E-state index in [9.17, 15) is 32.9 Å². The number of halogens is 3. The Kier molecular flexibility index (Phi) is 5.48. The van der Waals surface area contributed by atoms with Crippen molar-refractivity contribution in [3.8, 4) is 0 Å². The number of hydrogen-bond acceptors (Lipinski definition) is 5. The molecule has 0 heterocycles. The van der Waals surface area contributed by atoms with Crippen LogP contribution in [0.3, 0.4) is 0 Å². The molecular weight excluding hydrogens is 355 g/mol. The molecule has 1 aliphatic carbocycles. The van der Waals surface area contributed by atoms with Crippen LogP contribution in [0.25, 0.3) is 0 Å². The predicted molar refractivity (Wildman–Crippen MR) is 84.4 cm³/mol. The number of Topliss-reactive ketones (excluding diaryl/α,β-unsaturated/α-hetero) is 2. The molecule has 26 heavy (non-hydrogen) atoms. The lowest BCUT2D eigenvalue weighted by Crippen LogP contribution is -2.18. The number of benzene rings is 1. The van der Waals surface area contributed by atoms with E-state index in [1.807, 2.05) is 6.92 Å². The first kappa shape index (κ1) is 19.6. The van der Waals surface area contributed by atoms with Crippen molar-refractivity contribution < 1.29 is 32.4 Å². The molecule has 2 rings (SSSR count). The summed E-state index contributed by atoms with van der Waals surface area (Å²) in [5.74, 6) is -1.87. The molecule has 140 valence electrons. The van der Waals surface area contributed by atoms with Crippen molar-refractivity contribution >= 4 is 17.3 Å². The smallest absolute Gasteiger partial charge is 0.416 e. The molecule has 0 bridgehead atoms. The van der Waals surface area contributed by atoms with Crippen molar-refractivity contribution in [2.45, 2.75) is 26.4 Å². The van der Waals surface area contributed by atoms with Gasteiger partial charge in [0.05, 0.1) is 23.4 Å². The normalized spacial score (nSPS) is 19.8. The third-order valence-electron chi connectivity index (χ3n) is 4.09. The molecular formula is C17H16F3NO5. The van der Waals surface area contributed by atoms with Crippen molar-refractivity contribution in [1.29, 1.82) is 0 Å². The Labute approximate surface area is 146 Å². The summed E-state index contributed by atoms with van der Waals surface area (Å²) in [7, 11) is 0. The molecule has 9 heteroatoms. The molecule has 1 aliphatic rings. The van der Waals surface area contributed by atoms with Crippen LogP contribution in [0.2, 0.25) is 0 Å². The van der Waals surface area contributed by atoms with Crippen molar-refractivity contribution in [2.24, 2.45) is 11.8 Å². The molecule has 0 saturated heterocycles. The number of carbonyl (C=O) groups is 2. The minimum Gasteiger partial charge on any atom is -0.501 e. The van der Waals surface area contributed by atoms with Crippen LogP contribution in [0.1, 0.15) is 36.2 Å². The number of allylic oxidation sites excluding steroid dienone is 1. The van der Waals surface area contributed by atoms with Gasteiger partial charge in [0.2, 0.25) is 5.78 Å². The molecule has 0 aromatic heterocycles. The van der Waals surface area contributed by atoms with E-state index >= 15 is 0 Å². The third kappa shape index (κ3) is 4.09. The van der Waals surface area contributed by atoms with E-state index in [0.717, 1.165) is 6.26 Å². The number of alkyl halides is 3. The SMILES string of the molecule is CCO/C=C(\C(=O)c1ccc(C(F)(F)F)cc1[N+](=O)[O-])C(=O)C1CC1C. The number of carbonyl (C=O) groups excluding carboxylic acids is 2. The molecule has 0 aliphatic heterocycles. The zero-order valence-electron chi connectivity index (χ0n) is 14.0. The summed E-state index contributed by atoms with van der Waals surface area (Å²) < 4.78 is 43.3. The summed E-state index contributed by atoms with van der Waals surface area (Å²) >= 11 is 0. The Morgan fingerprint density at radius 1 is 1.38 bits per heavy atom. The van der Waals surface area contributed by atoms with Gasteiger partial charge in [-0.2, -0.15) is 13.2 Å². The minimum atomic E-state index is -4.80. The fourth-order valence-corrected chi connectivity index (χ4v) is 2.47. The number of nitro groups is 1. The molecule has 1 aromatic carbocycles. The first-order valence-corrected chi connectivity index (χ1v) is 7.84. The highest BCUT2D eigenvalue weighted by Gasteiger charge is 2.43. The predicted octanol–water partition coefficient (Wildman–Crippen LogP) is 3.94. The van der Waals surface area contributed by atoms with Gasteiger partial charge < -0.3 is 4.74 Å². The zero-order chi connectivity index (χ0) is 19.6. The quantitative estimate of drug-likeness (QED) is 0.138. The maximum atomic E-state index is 12.8. The van der Waals surface area contributed by atoms with Crippen LogP contribution in [0, 0.1) is 22.0 Å². The van der Waals surface area contributed by atoms with E-state index in [1.54, 1.807) is 6.92 Å². The van der Waals surface area contributed by atoms with Gasteiger partial charge in [-0.05, 0) is 31.4 Å². The lowest BCUT2D eigenvalue weighted by Gasteiger charge is -2.10. The lowest BCUT2D eigenvalue weighted by molar-refractivity contribution is -0.385. The molecule has 0 radical (unpaired) electrons. The molecule has 2 atom stereocenters. The van der Waals surface area contributed by atoms with E-state index in [2.05, 4.69) is 0 Å². The van der Waals surface area contributed by atoms with Crippen LogP contribution in [-0.2, 0) is 15.7 Å². The summed E-state index contributed by atoms with van der Waals surface area (Å²) in [4.78, 5) is 35.2. The minimum absolute atomic E-state index is 0.0721. The monoisotopic (exact) mass is 371 g/mol. The van der Waals surface area contributed by atoms with Crippen LogP contribution in [0.4, 0.5) is 18.9 Å². The van der Waals surface area contributed by atoms with Crippen molar-refractivity contribution in [1.82, 2.24) is 0 Å². The van der Waals surface area contributed by atoms with Crippen LogP contribution in [-0.4, -0.2) is 23.1 Å². The van der Waals surface area contributed by atoms with Gasteiger partial charge in [0, 0.05) is 12.0 Å². The second-order valence-electron chi connectivity index (χ2n) is 5.99.